The van der Waals surface area contributed by atoms with Gasteiger partial charge in [0, 0.05) is 6.92 Å². The van der Waals surface area contributed by atoms with Crippen LogP contribution in [0, 0.1) is 0 Å². The number of nitrogens with zero attached hydrogens (tertiary/aromatic N) is 1. The number of carbonyl (C=O) groups is 1. The summed E-state index contributed by atoms with van der Waals surface area (Å²) in [5, 5.41) is 0. The summed E-state index contributed by atoms with van der Waals surface area (Å²) in [4.78, 5) is 25.5. The molecule has 1 aromatic rings. The lowest BCUT2D eigenvalue weighted by Crippen LogP contribution is -2.21. The van der Waals surface area contributed by atoms with Crippen LogP contribution in [0.2, 0.25) is 0 Å². The predicted molar refractivity (Wildman–Crippen MR) is 41.2 cm³/mol. The van der Waals surface area contributed by atoms with E-state index in [0.717, 1.165) is 6.92 Å². The number of nitrogens with one attached hydrogen (secondary N) is 1. The molecule has 0 aliphatic rings. The molecule has 15 heavy (non-hydrogen) atoms. The molecule has 8 heteroatoms. The summed E-state index contributed by atoms with van der Waals surface area (Å²) in [5.74, 6) is -1.76. The summed E-state index contributed by atoms with van der Waals surface area (Å²) in [6.45, 7) is 0.936. The molecule has 1 aromatic heterocycles. The molecule has 0 aromatic carbocycles. The number of H-pyrrole nitrogens is 1. The Morgan fingerprint density at radius 2 is 2.13 bits per heavy atom. The van der Waals surface area contributed by atoms with Crippen LogP contribution in [0.4, 0.5) is 13.2 Å². The number of aromatic nitrogens is 2. The molecule has 0 aliphatic heterocycles. The van der Waals surface area contributed by atoms with E-state index in [0.29, 0.717) is 6.20 Å². The lowest BCUT2D eigenvalue weighted by atomic mass is 10.3. The van der Waals surface area contributed by atoms with Crippen LogP contribution in [0.5, 0.6) is 5.75 Å². The van der Waals surface area contributed by atoms with Crippen LogP contribution in [-0.4, -0.2) is 15.9 Å². The third kappa shape index (κ3) is 2.79. The number of hydrogen-bond donors (Lipinski definition) is 1. The van der Waals surface area contributed by atoms with E-state index in [-0.39, 0.29) is 0 Å². The molecule has 0 spiro atoms. The van der Waals surface area contributed by atoms with Gasteiger partial charge >= 0.3 is 17.8 Å². The Kier molecular flexibility index (Phi) is 2.78. The van der Waals surface area contributed by atoms with Crippen LogP contribution in [0.25, 0.3) is 0 Å². The number of hydrogen-bond acceptors (Lipinski definition) is 4. The van der Waals surface area contributed by atoms with Gasteiger partial charge in [0.2, 0.25) is 0 Å². The molecule has 1 N–H and O–H groups in total. The molecular weight excluding hydrogens is 217 g/mol. The zero-order valence-corrected chi connectivity index (χ0v) is 7.38. The number of esters is 1. The average Bonchev–Trinajstić information content (AvgIpc) is 2.05. The molecule has 82 valence electrons. The summed E-state index contributed by atoms with van der Waals surface area (Å²) in [6.07, 6.45) is -4.27. The minimum absolute atomic E-state index is 0.545. The van der Waals surface area contributed by atoms with Gasteiger partial charge in [-0.25, -0.2) is 4.79 Å². The first-order valence-corrected chi connectivity index (χ1v) is 3.65. The number of ether oxygens (including phenoxy) is 1. The molecule has 1 heterocycles. The van der Waals surface area contributed by atoms with Crippen molar-refractivity contribution in [3.8, 4) is 5.75 Å². The fourth-order valence-corrected chi connectivity index (χ4v) is 0.825. The number of rotatable bonds is 1. The van der Waals surface area contributed by atoms with Crippen LogP contribution in [0.1, 0.15) is 12.6 Å². The lowest BCUT2D eigenvalue weighted by Gasteiger charge is -2.09. The summed E-state index contributed by atoms with van der Waals surface area (Å²) in [7, 11) is 0. The zero-order chi connectivity index (χ0) is 11.6. The van der Waals surface area contributed by atoms with E-state index in [4.69, 9.17) is 0 Å². The molecule has 0 unspecified atom stereocenters. The molecule has 0 radical (unpaired) electrons. The molecule has 0 amide bonds. The first-order chi connectivity index (χ1) is 6.80. The first-order valence-electron chi connectivity index (χ1n) is 3.65. The number of alkyl halides is 3. The standard InChI is InChI=1S/C7H5F3N2O3/c1-3(13)15-4-2-11-6(14)12-5(4)7(8,9)10/h2H,1H3,(H,11,12,14). The lowest BCUT2D eigenvalue weighted by molar-refractivity contribution is -0.144. The maximum Gasteiger partial charge on any atom is 0.435 e. The SMILES string of the molecule is CC(=O)Oc1cnc(=O)[nH]c1C(F)(F)F. The maximum atomic E-state index is 12.3. The van der Waals surface area contributed by atoms with Crippen LogP contribution < -0.4 is 10.4 Å². The molecule has 0 saturated heterocycles. The summed E-state index contributed by atoms with van der Waals surface area (Å²) >= 11 is 0. The fourth-order valence-electron chi connectivity index (χ4n) is 0.825. The highest BCUT2D eigenvalue weighted by Gasteiger charge is 2.36. The molecular formula is C7H5F3N2O3. The Morgan fingerprint density at radius 3 is 2.60 bits per heavy atom. The first kappa shape index (κ1) is 11.2. The number of aromatic amines is 1. The van der Waals surface area contributed by atoms with Gasteiger partial charge in [0.15, 0.2) is 11.4 Å². The molecule has 5 nitrogen and oxygen atoms in total. The van der Waals surface area contributed by atoms with E-state index in [9.17, 15) is 22.8 Å². The van der Waals surface area contributed by atoms with Crippen molar-refractivity contribution >= 4 is 5.97 Å². The van der Waals surface area contributed by atoms with Gasteiger partial charge in [0.1, 0.15) is 0 Å². The zero-order valence-electron chi connectivity index (χ0n) is 7.38. The van der Waals surface area contributed by atoms with Gasteiger partial charge in [-0.15, -0.1) is 0 Å². The molecule has 0 bridgehead atoms. The van der Waals surface area contributed by atoms with Gasteiger partial charge in [0.05, 0.1) is 6.20 Å². The normalized spacial score (nSPS) is 11.2. The molecule has 0 saturated carbocycles. The van der Waals surface area contributed by atoms with Crippen molar-refractivity contribution in [2.75, 3.05) is 0 Å². The van der Waals surface area contributed by atoms with Crippen LogP contribution in [0.3, 0.4) is 0 Å². The Labute approximate surface area is 80.9 Å². The van der Waals surface area contributed by atoms with Crippen LogP contribution >= 0.6 is 0 Å². The molecule has 1 rings (SSSR count). The Balaban J connectivity index is 3.27. The third-order valence-corrected chi connectivity index (χ3v) is 1.31. The van der Waals surface area contributed by atoms with Gasteiger partial charge in [0.25, 0.3) is 0 Å². The van der Waals surface area contributed by atoms with Crippen LogP contribution in [-0.2, 0) is 11.0 Å². The third-order valence-electron chi connectivity index (χ3n) is 1.31. The predicted octanol–water partition coefficient (Wildman–Crippen LogP) is 0.714. The van der Waals surface area contributed by atoms with Gasteiger partial charge in [-0.05, 0) is 0 Å². The smallest absolute Gasteiger partial charge is 0.423 e. The van der Waals surface area contributed by atoms with E-state index in [1.807, 2.05) is 0 Å². The minimum atomic E-state index is -4.81. The van der Waals surface area contributed by atoms with Gasteiger partial charge in [-0.2, -0.15) is 18.2 Å². The van der Waals surface area contributed by atoms with Gasteiger partial charge in [-0.3, -0.25) is 9.78 Å². The van der Waals surface area contributed by atoms with E-state index in [1.54, 1.807) is 0 Å². The second kappa shape index (κ2) is 3.71. The van der Waals surface area contributed by atoms with Crippen molar-refractivity contribution < 1.29 is 22.7 Å². The second-order valence-electron chi connectivity index (χ2n) is 2.52. The fraction of sp³-hybridized carbons (Fsp3) is 0.286. The maximum absolute atomic E-state index is 12.3. The van der Waals surface area contributed by atoms with Crippen molar-refractivity contribution in [2.45, 2.75) is 13.1 Å². The molecule has 0 fully saturated rings. The summed E-state index contributed by atoms with van der Waals surface area (Å²) < 4.78 is 41.1. The quantitative estimate of drug-likeness (QED) is 0.710. The minimum Gasteiger partial charge on any atom is -0.423 e. The van der Waals surface area contributed by atoms with E-state index < -0.39 is 29.3 Å². The van der Waals surface area contributed by atoms with Gasteiger partial charge in [-0.1, -0.05) is 0 Å². The Hall–Kier alpha value is -1.86. The largest absolute Gasteiger partial charge is 0.435 e. The average molecular weight is 222 g/mol. The van der Waals surface area contributed by atoms with Crippen molar-refractivity contribution in [3.63, 3.8) is 0 Å². The number of halogens is 3. The topological polar surface area (TPSA) is 72.0 Å². The summed E-state index contributed by atoms with van der Waals surface area (Å²) in [6, 6.07) is 0. The van der Waals surface area contributed by atoms with Crippen LogP contribution in [0.15, 0.2) is 11.0 Å². The highest BCUT2D eigenvalue weighted by atomic mass is 19.4. The highest BCUT2D eigenvalue weighted by Crippen LogP contribution is 2.32. The van der Waals surface area contributed by atoms with Gasteiger partial charge < -0.3 is 4.74 Å². The molecule has 0 atom stereocenters. The van der Waals surface area contributed by atoms with E-state index >= 15 is 0 Å². The van der Waals surface area contributed by atoms with Crippen molar-refractivity contribution in [2.24, 2.45) is 0 Å². The Bertz CT molecular complexity index is 438. The highest BCUT2D eigenvalue weighted by molar-refractivity contribution is 5.69. The van der Waals surface area contributed by atoms with E-state index in [1.165, 1.54) is 4.98 Å². The Morgan fingerprint density at radius 1 is 1.53 bits per heavy atom. The monoisotopic (exact) mass is 222 g/mol. The second-order valence-corrected chi connectivity index (χ2v) is 2.52. The summed E-state index contributed by atoms with van der Waals surface area (Å²) in [5.41, 5.74) is -2.60. The molecule has 0 aliphatic carbocycles. The number of carbonyl (C=O) groups excluding carboxylic acids is 1. The van der Waals surface area contributed by atoms with Crippen molar-refractivity contribution in [1.29, 1.82) is 0 Å². The van der Waals surface area contributed by atoms with Crippen molar-refractivity contribution in [3.05, 3.63) is 22.4 Å². The van der Waals surface area contributed by atoms with E-state index in [2.05, 4.69) is 9.72 Å². The van der Waals surface area contributed by atoms with Crippen molar-refractivity contribution in [1.82, 2.24) is 9.97 Å².